The van der Waals surface area contributed by atoms with Crippen LogP contribution in [-0.4, -0.2) is 70.0 Å². The molecule has 8 heteroatoms. The third-order valence-corrected chi connectivity index (χ3v) is 15.7. The Morgan fingerprint density at radius 1 is 0.594 bits per heavy atom. The minimum atomic E-state index is -1.18. The Kier molecular flexibility index (Phi) is 1.34. The van der Waals surface area contributed by atoms with E-state index in [2.05, 4.69) is 0 Å². The molecule has 2 heterocycles. The van der Waals surface area contributed by atoms with Gasteiger partial charge in [0.05, 0.1) is 25.4 Å². The van der Waals surface area contributed by atoms with Gasteiger partial charge in [0.1, 0.15) is 33.2 Å². The predicted octanol–water partition coefficient (Wildman–Crippen LogP) is -1.67. The second kappa shape index (κ2) is 2.87. The van der Waals surface area contributed by atoms with Crippen LogP contribution >= 0.6 is 0 Å². The quantitative estimate of drug-likeness (QED) is 0.390. The number of hydrogen-bond donors (Lipinski definition) is 2. The molecular weight excluding hydrogens is 416 g/mol. The fraction of sp³-hybridized carbons (Fsp3) is 0.917. The molecule has 164 valence electrons. The monoisotopic (exact) mass is 436 g/mol. The van der Waals surface area contributed by atoms with Gasteiger partial charge in [-0.15, -0.1) is 0 Å². The molecule has 2 N–H and O–H groups in total. The Morgan fingerprint density at radius 2 is 0.875 bits per heavy atom. The van der Waals surface area contributed by atoms with Gasteiger partial charge in [-0.2, -0.15) is 0 Å². The van der Waals surface area contributed by atoms with Gasteiger partial charge in [-0.05, 0) is 23.7 Å². The van der Waals surface area contributed by atoms with Crippen molar-refractivity contribution in [3.05, 3.63) is 0 Å². The molecule has 14 rings (SSSR count). The Bertz CT molecular complexity index is 1170. The van der Waals surface area contributed by atoms with Gasteiger partial charge in [-0.1, -0.05) is 0 Å². The number of esters is 2. The van der Waals surface area contributed by atoms with Crippen LogP contribution in [0.25, 0.3) is 0 Å². The first kappa shape index (κ1) is 14.9. The van der Waals surface area contributed by atoms with Crippen molar-refractivity contribution in [1.29, 1.82) is 0 Å². The van der Waals surface area contributed by atoms with E-state index in [1.807, 2.05) is 0 Å². The first-order valence-corrected chi connectivity index (χ1v) is 12.3. The van der Waals surface area contributed by atoms with E-state index >= 15 is 0 Å². The highest BCUT2D eigenvalue weighted by molar-refractivity contribution is 5.94. The molecule has 12 unspecified atom stereocenters. The van der Waals surface area contributed by atoms with Crippen LogP contribution in [0.4, 0.5) is 0 Å². The summed E-state index contributed by atoms with van der Waals surface area (Å²) in [6, 6.07) is 0. The Balaban J connectivity index is 1.33. The lowest BCUT2D eigenvalue weighted by molar-refractivity contribution is -0.192. The summed E-state index contributed by atoms with van der Waals surface area (Å²) < 4.78 is 24.8. The third-order valence-electron chi connectivity index (χ3n) is 15.7. The van der Waals surface area contributed by atoms with Crippen LogP contribution in [0.5, 0.6) is 0 Å². The van der Waals surface area contributed by atoms with Crippen LogP contribution in [0.3, 0.4) is 0 Å². The molecule has 14 aliphatic rings. The maximum atomic E-state index is 13.9. The average molecular weight is 436 g/mol. The lowest BCUT2D eigenvalue weighted by Crippen LogP contribution is -2.60. The number of rotatable bonds is 2. The van der Waals surface area contributed by atoms with Crippen LogP contribution in [0.2, 0.25) is 0 Å². The summed E-state index contributed by atoms with van der Waals surface area (Å²) in [5, 5.41) is 25.8. The molecule has 0 radical (unpaired) electrons. The van der Waals surface area contributed by atoms with E-state index in [1.165, 1.54) is 14.2 Å². The molecule has 0 aromatic carbocycles. The van der Waals surface area contributed by atoms with Crippen molar-refractivity contribution in [2.75, 3.05) is 14.2 Å². The van der Waals surface area contributed by atoms with Crippen molar-refractivity contribution in [2.24, 2.45) is 81.8 Å². The molecule has 14 fully saturated rings. The van der Waals surface area contributed by atoms with E-state index in [-0.39, 0.29) is 83.0 Å². The number of hydrogen-bond acceptors (Lipinski definition) is 8. The number of carbonyl (C=O) groups is 2. The lowest BCUT2D eigenvalue weighted by Gasteiger charge is -2.46. The average Bonchev–Trinajstić information content (AvgIpc) is 3.21. The van der Waals surface area contributed by atoms with Crippen molar-refractivity contribution in [3.63, 3.8) is 0 Å². The molecule has 0 amide bonds. The minimum absolute atomic E-state index is 0.0904. The van der Waals surface area contributed by atoms with E-state index in [9.17, 15) is 19.8 Å². The summed E-state index contributed by atoms with van der Waals surface area (Å²) >= 11 is 0. The first-order valence-electron chi connectivity index (χ1n) is 12.3. The molecule has 12 aliphatic carbocycles. The first-order chi connectivity index (χ1) is 15.3. The van der Waals surface area contributed by atoms with Gasteiger partial charge >= 0.3 is 11.9 Å². The van der Waals surface area contributed by atoms with E-state index in [0.717, 1.165) is 0 Å². The van der Waals surface area contributed by atoms with Gasteiger partial charge in [0, 0.05) is 47.3 Å². The van der Waals surface area contributed by atoms with E-state index in [0.29, 0.717) is 0 Å². The molecule has 2 aliphatic heterocycles. The van der Waals surface area contributed by atoms with Crippen LogP contribution in [0.1, 0.15) is 0 Å². The molecule has 0 bridgehead atoms. The number of ether oxygens (including phenoxy) is 4. The van der Waals surface area contributed by atoms with Crippen molar-refractivity contribution < 1.29 is 38.7 Å². The SMILES string of the molecule is COC(=O)C12C3C4C5C1C16OC17C1C8C9C(C2(O)C86)C32OC23C9C1(O)C(C(=O)OC)(C43)C57. The number of epoxide rings is 2. The minimum Gasteiger partial charge on any atom is -0.468 e. The van der Waals surface area contributed by atoms with E-state index in [4.69, 9.17) is 18.9 Å². The normalized spacial score (nSPS) is 92.1. The van der Waals surface area contributed by atoms with Crippen LogP contribution in [0.15, 0.2) is 0 Å². The van der Waals surface area contributed by atoms with E-state index in [1.54, 1.807) is 0 Å². The van der Waals surface area contributed by atoms with Gasteiger partial charge in [0.2, 0.25) is 0 Å². The summed E-state index contributed by atoms with van der Waals surface area (Å²) in [5.74, 6) is -1.34. The molecule has 0 aromatic heterocycles. The van der Waals surface area contributed by atoms with Crippen molar-refractivity contribution in [2.45, 2.75) is 33.6 Å². The largest absolute Gasteiger partial charge is 0.468 e. The number of methoxy groups -OCH3 is 2. The van der Waals surface area contributed by atoms with Gasteiger partial charge in [-0.25, -0.2) is 0 Å². The predicted molar refractivity (Wildman–Crippen MR) is 93.8 cm³/mol. The highest BCUT2D eigenvalue weighted by Crippen LogP contribution is 3.16. The molecule has 4 spiro atoms. The zero-order chi connectivity index (χ0) is 20.9. The van der Waals surface area contributed by atoms with Gasteiger partial charge in [0.25, 0.3) is 0 Å². The highest BCUT2D eigenvalue weighted by atomic mass is 16.7. The summed E-state index contributed by atoms with van der Waals surface area (Å²) in [6.45, 7) is 0. The lowest BCUT2D eigenvalue weighted by atomic mass is 9.60. The van der Waals surface area contributed by atoms with Crippen molar-refractivity contribution >= 4 is 11.9 Å². The molecule has 32 heavy (non-hydrogen) atoms. The summed E-state index contributed by atoms with van der Waals surface area (Å²) in [4.78, 5) is 27.8. The standard InChI is InChI=1S/C24H20O8/c1-29-15(25)17-7-3-4-8(17)22-12-6-5-11(19(12,17)27)21(7)23(31-21)9(3)18(16(26)30-2)10(4)24(22,32-22)14(6)20(18,28)13(5)23/h3-14,27-28H,1-2H3. The third kappa shape index (κ3) is 0.585. The van der Waals surface area contributed by atoms with Gasteiger partial charge < -0.3 is 29.2 Å². The Labute approximate surface area is 180 Å². The summed E-state index contributed by atoms with van der Waals surface area (Å²) in [6.07, 6.45) is 0. The second-order valence-corrected chi connectivity index (χ2v) is 13.9. The number of carbonyl (C=O) groups excluding carboxylic acids is 2. The van der Waals surface area contributed by atoms with Gasteiger partial charge in [0.15, 0.2) is 0 Å². The topological polar surface area (TPSA) is 118 Å². The Hall–Kier alpha value is -1.22. The molecule has 12 saturated carbocycles. The maximum Gasteiger partial charge on any atom is 0.315 e. The molecule has 0 aromatic rings. The fourth-order valence-electron chi connectivity index (χ4n) is 17.6. The van der Waals surface area contributed by atoms with Gasteiger partial charge in [-0.3, -0.25) is 9.59 Å². The summed E-state index contributed by atoms with van der Waals surface area (Å²) in [5.41, 5.74) is -6.69. The molecular formula is C24H20O8. The second-order valence-electron chi connectivity index (χ2n) is 13.9. The maximum absolute atomic E-state index is 13.9. The van der Waals surface area contributed by atoms with Crippen LogP contribution < -0.4 is 0 Å². The zero-order valence-electron chi connectivity index (χ0n) is 17.3. The molecule has 8 nitrogen and oxygen atoms in total. The number of aliphatic hydroxyl groups is 2. The summed E-state index contributed by atoms with van der Waals surface area (Å²) in [7, 11) is 2.90. The van der Waals surface area contributed by atoms with Crippen LogP contribution in [0, 0.1) is 81.8 Å². The molecule has 2 saturated heterocycles. The van der Waals surface area contributed by atoms with E-state index < -0.39 is 44.4 Å². The van der Waals surface area contributed by atoms with Crippen molar-refractivity contribution in [1.82, 2.24) is 0 Å². The highest BCUT2D eigenvalue weighted by Gasteiger charge is 3.28. The molecule has 12 atom stereocenters. The smallest absolute Gasteiger partial charge is 0.315 e. The fourth-order valence-corrected chi connectivity index (χ4v) is 17.6. The Morgan fingerprint density at radius 3 is 1.16 bits per heavy atom. The van der Waals surface area contributed by atoms with Crippen molar-refractivity contribution in [3.8, 4) is 0 Å². The zero-order valence-corrected chi connectivity index (χ0v) is 17.3. The van der Waals surface area contributed by atoms with Crippen LogP contribution in [-0.2, 0) is 28.5 Å².